The Balaban J connectivity index is 1.84. The molecule has 4 heteroatoms. The van der Waals surface area contributed by atoms with E-state index in [-0.39, 0.29) is 11.5 Å². The first-order chi connectivity index (χ1) is 10.5. The molecule has 0 N–H and O–H groups in total. The summed E-state index contributed by atoms with van der Waals surface area (Å²) in [6.07, 6.45) is 1.60. The van der Waals surface area contributed by atoms with Crippen molar-refractivity contribution in [3.8, 4) is 11.5 Å². The fourth-order valence-electron chi connectivity index (χ4n) is 2.12. The molecule has 2 heterocycles. The molecule has 3 rings (SSSR count). The average Bonchev–Trinajstić information content (AvgIpc) is 3.01. The third-order valence-electron chi connectivity index (χ3n) is 3.16. The van der Waals surface area contributed by atoms with Crippen molar-refractivity contribution in [2.45, 2.75) is 13.8 Å². The van der Waals surface area contributed by atoms with Gasteiger partial charge in [-0.1, -0.05) is 6.58 Å². The first kappa shape index (κ1) is 14.2. The topological polar surface area (TPSA) is 48.7 Å². The molecule has 0 atom stereocenters. The molecule has 2 aromatic rings. The number of ketones is 1. The third-order valence-corrected chi connectivity index (χ3v) is 3.16. The number of ether oxygens (including phenoxy) is 2. The maximum absolute atomic E-state index is 12.3. The van der Waals surface area contributed by atoms with Crippen LogP contribution in [-0.4, -0.2) is 12.4 Å². The van der Waals surface area contributed by atoms with E-state index in [1.807, 2.05) is 19.9 Å². The van der Waals surface area contributed by atoms with Crippen LogP contribution in [0.25, 0.3) is 6.08 Å². The lowest BCUT2D eigenvalue weighted by molar-refractivity contribution is 0.101. The number of benzene rings is 1. The molecule has 0 spiro atoms. The zero-order valence-electron chi connectivity index (χ0n) is 12.5. The van der Waals surface area contributed by atoms with E-state index in [2.05, 4.69) is 6.58 Å². The van der Waals surface area contributed by atoms with E-state index in [1.54, 1.807) is 30.3 Å². The molecule has 1 aliphatic rings. The van der Waals surface area contributed by atoms with Crippen molar-refractivity contribution in [3.63, 3.8) is 0 Å². The van der Waals surface area contributed by atoms with Gasteiger partial charge < -0.3 is 13.9 Å². The van der Waals surface area contributed by atoms with Crippen LogP contribution >= 0.6 is 0 Å². The van der Waals surface area contributed by atoms with E-state index in [0.29, 0.717) is 29.4 Å². The normalized spacial score (nSPS) is 14.8. The number of hydrogen-bond donors (Lipinski definition) is 0. The van der Waals surface area contributed by atoms with Gasteiger partial charge in [-0.15, -0.1) is 0 Å². The fourth-order valence-corrected chi connectivity index (χ4v) is 2.12. The molecule has 0 radical (unpaired) electrons. The van der Waals surface area contributed by atoms with E-state index in [4.69, 9.17) is 13.9 Å². The Labute approximate surface area is 128 Å². The van der Waals surface area contributed by atoms with Crippen molar-refractivity contribution in [2.75, 3.05) is 6.61 Å². The fraction of sp³-hybridized carbons (Fsp3) is 0.167. The smallest absolute Gasteiger partial charge is 0.232 e. The van der Waals surface area contributed by atoms with Crippen LogP contribution in [0.5, 0.6) is 11.5 Å². The maximum Gasteiger partial charge on any atom is 0.232 e. The lowest BCUT2D eigenvalue weighted by Gasteiger charge is -2.06. The predicted molar refractivity (Wildman–Crippen MR) is 83.1 cm³/mol. The molecule has 0 fully saturated rings. The molecule has 112 valence electrons. The second kappa shape index (κ2) is 5.56. The molecule has 0 saturated carbocycles. The number of Topliss-reactive ketones (excluding diaryl/α,β-unsaturated/α-hetero) is 1. The summed E-state index contributed by atoms with van der Waals surface area (Å²) in [7, 11) is 0. The molecule has 1 aliphatic heterocycles. The van der Waals surface area contributed by atoms with Gasteiger partial charge in [0.2, 0.25) is 5.78 Å². The average molecular weight is 296 g/mol. The highest BCUT2D eigenvalue weighted by molar-refractivity contribution is 6.14. The van der Waals surface area contributed by atoms with Gasteiger partial charge in [0.1, 0.15) is 29.6 Å². The zero-order chi connectivity index (χ0) is 15.7. The minimum Gasteiger partial charge on any atom is -0.489 e. The standard InChI is InChI=1S/C18H16O4/c1-11(2)10-20-13-6-7-15-16(8-13)22-17(18(15)19)9-14-5-4-12(3)21-14/h4-9H,1,10H2,2-3H3/b17-9-. The molecule has 22 heavy (non-hydrogen) atoms. The molecule has 0 amide bonds. The number of allylic oxidation sites excluding steroid dienone is 1. The van der Waals surface area contributed by atoms with Crippen molar-refractivity contribution in [3.05, 3.63) is 65.3 Å². The highest BCUT2D eigenvalue weighted by Gasteiger charge is 2.28. The van der Waals surface area contributed by atoms with Gasteiger partial charge in [-0.2, -0.15) is 0 Å². The summed E-state index contributed by atoms with van der Waals surface area (Å²) in [6.45, 7) is 7.95. The van der Waals surface area contributed by atoms with Crippen LogP contribution in [-0.2, 0) is 0 Å². The monoisotopic (exact) mass is 296 g/mol. The first-order valence-corrected chi connectivity index (χ1v) is 6.95. The second-order valence-electron chi connectivity index (χ2n) is 5.29. The molecule has 1 aromatic carbocycles. The van der Waals surface area contributed by atoms with Crippen LogP contribution in [0.3, 0.4) is 0 Å². The number of furan rings is 1. The van der Waals surface area contributed by atoms with Crippen molar-refractivity contribution in [1.29, 1.82) is 0 Å². The summed E-state index contributed by atoms with van der Waals surface area (Å²) in [6, 6.07) is 8.80. The zero-order valence-corrected chi connectivity index (χ0v) is 12.5. The summed E-state index contributed by atoms with van der Waals surface area (Å²) < 4.78 is 16.6. The van der Waals surface area contributed by atoms with Gasteiger partial charge in [0.05, 0.1) is 5.56 Å². The number of carbonyl (C=O) groups is 1. The summed E-state index contributed by atoms with van der Waals surface area (Å²) >= 11 is 0. The largest absolute Gasteiger partial charge is 0.489 e. The minimum atomic E-state index is -0.157. The molecule has 0 saturated heterocycles. The SMILES string of the molecule is C=C(C)COc1ccc2c(c1)O/C(=C\c1ccc(C)o1)C2=O. The van der Waals surface area contributed by atoms with E-state index < -0.39 is 0 Å². The molecule has 4 nitrogen and oxygen atoms in total. The Morgan fingerprint density at radius 2 is 2.14 bits per heavy atom. The Bertz CT molecular complexity index is 780. The quantitative estimate of drug-likeness (QED) is 0.628. The van der Waals surface area contributed by atoms with Gasteiger partial charge in [0.25, 0.3) is 0 Å². The summed E-state index contributed by atoms with van der Waals surface area (Å²) in [4.78, 5) is 12.3. The van der Waals surface area contributed by atoms with Gasteiger partial charge in [-0.25, -0.2) is 0 Å². The van der Waals surface area contributed by atoms with Crippen LogP contribution in [0, 0.1) is 6.92 Å². The molecule has 0 bridgehead atoms. The Kier molecular flexibility index (Phi) is 3.59. The van der Waals surface area contributed by atoms with Gasteiger partial charge in [-0.3, -0.25) is 4.79 Å². The predicted octanol–water partition coefficient (Wildman–Crippen LogP) is 4.16. The lowest BCUT2D eigenvalue weighted by Crippen LogP contribution is -1.98. The molecular formula is C18H16O4. The Morgan fingerprint density at radius 1 is 1.32 bits per heavy atom. The Morgan fingerprint density at radius 3 is 2.82 bits per heavy atom. The van der Waals surface area contributed by atoms with Crippen LogP contribution in [0.15, 0.2) is 52.7 Å². The van der Waals surface area contributed by atoms with E-state index in [9.17, 15) is 4.79 Å². The van der Waals surface area contributed by atoms with Gasteiger partial charge in [0, 0.05) is 12.1 Å². The number of aryl methyl sites for hydroxylation is 1. The van der Waals surface area contributed by atoms with Crippen molar-refractivity contribution >= 4 is 11.9 Å². The van der Waals surface area contributed by atoms with Gasteiger partial charge in [-0.05, 0) is 43.7 Å². The Hall–Kier alpha value is -2.75. The van der Waals surface area contributed by atoms with E-state index in [1.165, 1.54) is 0 Å². The molecular weight excluding hydrogens is 280 g/mol. The van der Waals surface area contributed by atoms with Gasteiger partial charge in [0.15, 0.2) is 5.76 Å². The van der Waals surface area contributed by atoms with Crippen LogP contribution in [0.1, 0.15) is 28.8 Å². The summed E-state index contributed by atoms with van der Waals surface area (Å²) in [5.41, 5.74) is 1.45. The summed E-state index contributed by atoms with van der Waals surface area (Å²) in [5.74, 6) is 2.61. The highest BCUT2D eigenvalue weighted by Crippen LogP contribution is 2.35. The van der Waals surface area contributed by atoms with E-state index >= 15 is 0 Å². The number of rotatable bonds is 4. The third kappa shape index (κ3) is 2.81. The van der Waals surface area contributed by atoms with Crippen molar-refractivity contribution < 1.29 is 18.7 Å². The molecule has 0 aliphatic carbocycles. The number of hydrogen-bond acceptors (Lipinski definition) is 4. The maximum atomic E-state index is 12.3. The van der Waals surface area contributed by atoms with Crippen LogP contribution in [0.2, 0.25) is 0 Å². The minimum absolute atomic E-state index is 0.157. The lowest BCUT2D eigenvalue weighted by atomic mass is 10.1. The number of carbonyl (C=O) groups excluding carboxylic acids is 1. The molecule has 1 aromatic heterocycles. The van der Waals surface area contributed by atoms with Gasteiger partial charge >= 0.3 is 0 Å². The number of fused-ring (bicyclic) bond motifs is 1. The second-order valence-corrected chi connectivity index (χ2v) is 5.29. The van der Waals surface area contributed by atoms with Crippen LogP contribution in [0.4, 0.5) is 0 Å². The van der Waals surface area contributed by atoms with Crippen molar-refractivity contribution in [1.82, 2.24) is 0 Å². The first-order valence-electron chi connectivity index (χ1n) is 6.95. The summed E-state index contributed by atoms with van der Waals surface area (Å²) in [5, 5.41) is 0. The molecule has 0 unspecified atom stereocenters. The highest BCUT2D eigenvalue weighted by atomic mass is 16.5. The van der Waals surface area contributed by atoms with E-state index in [0.717, 1.165) is 11.3 Å². The van der Waals surface area contributed by atoms with Crippen molar-refractivity contribution in [2.24, 2.45) is 0 Å². The van der Waals surface area contributed by atoms with Crippen LogP contribution < -0.4 is 9.47 Å².